The molecule has 4 rings (SSSR count). The summed E-state index contributed by atoms with van der Waals surface area (Å²) >= 11 is 0. The van der Waals surface area contributed by atoms with E-state index in [-0.39, 0.29) is 18.2 Å². The van der Waals surface area contributed by atoms with Crippen LogP contribution in [0.2, 0.25) is 0 Å². The summed E-state index contributed by atoms with van der Waals surface area (Å²) in [5.74, 6) is 4.53. The molecule has 1 aromatic carbocycles. The molecule has 0 spiro atoms. The Morgan fingerprint density at radius 2 is 1.08 bits per heavy atom. The molecule has 0 saturated heterocycles. The highest BCUT2D eigenvalue weighted by Crippen LogP contribution is 2.40. The van der Waals surface area contributed by atoms with Crippen LogP contribution in [0.25, 0.3) is 0 Å². The predicted molar refractivity (Wildman–Crippen MR) is 211 cm³/mol. The number of esters is 1. The topological polar surface area (TPSA) is 54.0 Å². The van der Waals surface area contributed by atoms with Crippen LogP contribution in [0.4, 0.5) is 0 Å². The largest absolute Gasteiger partial charge is 0.494 e. The quantitative estimate of drug-likeness (QED) is 0.0415. The Morgan fingerprint density at radius 1 is 0.569 bits per heavy atom. The predicted octanol–water partition coefficient (Wildman–Crippen LogP) is 13.7. The second-order valence-corrected chi connectivity index (χ2v) is 16.9. The molecule has 5 heteroatoms. The molecule has 0 heterocycles. The molecule has 5 nitrogen and oxygen atoms in total. The van der Waals surface area contributed by atoms with Crippen molar-refractivity contribution in [1.29, 1.82) is 0 Å². The Hall–Kier alpha value is -1.59. The van der Waals surface area contributed by atoms with Crippen molar-refractivity contribution in [3.63, 3.8) is 0 Å². The Balaban J connectivity index is 0.935. The van der Waals surface area contributed by atoms with Crippen molar-refractivity contribution in [1.82, 2.24) is 0 Å². The molecular formula is C46H78O5. The summed E-state index contributed by atoms with van der Waals surface area (Å²) in [6, 6.07) is 8.32. The van der Waals surface area contributed by atoms with Gasteiger partial charge < -0.3 is 9.47 Å². The molecule has 0 N–H and O–H groups in total. The zero-order valence-electron chi connectivity index (χ0n) is 33.2. The number of ether oxygens (including phenoxy) is 2. The summed E-state index contributed by atoms with van der Waals surface area (Å²) in [6.07, 6.45) is 37.3. The average molecular weight is 711 g/mol. The van der Waals surface area contributed by atoms with Gasteiger partial charge in [0.25, 0.3) is 0 Å². The zero-order valence-corrected chi connectivity index (χ0v) is 33.2. The number of rotatable bonds is 26. The van der Waals surface area contributed by atoms with Crippen LogP contribution in [0.1, 0.15) is 206 Å². The van der Waals surface area contributed by atoms with Crippen molar-refractivity contribution in [3.05, 3.63) is 29.8 Å². The molecule has 0 unspecified atom stereocenters. The van der Waals surface area contributed by atoms with Gasteiger partial charge in [0.05, 0.1) is 12.7 Å². The lowest BCUT2D eigenvalue weighted by Crippen LogP contribution is -2.31. The fraction of sp³-hybridized carbons (Fsp3) is 0.848. The van der Waals surface area contributed by atoms with Gasteiger partial charge in [-0.2, -0.15) is 0 Å². The third-order valence-electron chi connectivity index (χ3n) is 12.7. The molecule has 0 aliphatic heterocycles. The van der Waals surface area contributed by atoms with Crippen LogP contribution in [0, 0.1) is 23.7 Å². The van der Waals surface area contributed by atoms with Crippen molar-refractivity contribution < 1.29 is 24.0 Å². The van der Waals surface area contributed by atoms with E-state index in [1.807, 2.05) is 0 Å². The number of unbranched alkanes of at least 4 members (excludes halogenated alkanes) is 11. The third kappa shape index (κ3) is 17.9. The van der Waals surface area contributed by atoms with Crippen molar-refractivity contribution >= 4 is 5.97 Å². The van der Waals surface area contributed by atoms with Gasteiger partial charge in [-0.05, 0) is 106 Å². The van der Waals surface area contributed by atoms with Gasteiger partial charge in [-0.15, -0.1) is 0 Å². The highest BCUT2D eigenvalue weighted by molar-refractivity contribution is 5.69. The molecule has 0 aromatic heterocycles. The van der Waals surface area contributed by atoms with Gasteiger partial charge in [0.1, 0.15) is 18.5 Å². The maximum absolute atomic E-state index is 12.1. The molecule has 0 atom stereocenters. The van der Waals surface area contributed by atoms with Gasteiger partial charge >= 0.3 is 5.97 Å². The molecule has 3 aliphatic carbocycles. The van der Waals surface area contributed by atoms with Crippen molar-refractivity contribution in [2.24, 2.45) is 23.7 Å². The molecule has 0 radical (unpaired) electrons. The number of carbonyl (C=O) groups excluding carboxylic acids is 1. The zero-order chi connectivity index (χ0) is 35.8. The number of hydrogen-bond acceptors (Lipinski definition) is 5. The van der Waals surface area contributed by atoms with Gasteiger partial charge in [0.15, 0.2) is 0 Å². The van der Waals surface area contributed by atoms with Crippen LogP contribution in [0.5, 0.6) is 5.75 Å². The summed E-state index contributed by atoms with van der Waals surface area (Å²) in [5.41, 5.74) is 1.12. The number of carbonyl (C=O) groups is 1. The Morgan fingerprint density at radius 3 is 1.67 bits per heavy atom. The van der Waals surface area contributed by atoms with Gasteiger partial charge in [-0.25, -0.2) is 9.78 Å². The minimum absolute atomic E-state index is 0.00996. The standard InChI is InChI=1S/C46H78O5/c1-3-5-7-8-9-10-14-17-38-20-22-39(23-21-38)18-15-11-12-16-36-48-43-30-24-40(25-31-43)37-49-51-45-34-28-42(29-35-45)41-26-32-44(33-27-41)50-46(47)19-13-6-4-2/h24-25,30-31,38-39,41-42,44-45H,3-23,26-29,32-37H2,1-2H3. The van der Waals surface area contributed by atoms with Gasteiger partial charge in [-0.1, -0.05) is 142 Å². The summed E-state index contributed by atoms with van der Waals surface area (Å²) in [6.45, 7) is 5.75. The minimum atomic E-state index is 0.00996. The van der Waals surface area contributed by atoms with Gasteiger partial charge in [0, 0.05) is 6.42 Å². The van der Waals surface area contributed by atoms with Crippen LogP contribution in [-0.4, -0.2) is 24.8 Å². The number of hydrogen-bond donors (Lipinski definition) is 0. The Labute approximate surface area is 314 Å². The molecule has 3 fully saturated rings. The van der Waals surface area contributed by atoms with Crippen LogP contribution in [0.15, 0.2) is 24.3 Å². The highest BCUT2D eigenvalue weighted by Gasteiger charge is 2.32. The number of benzene rings is 1. The summed E-state index contributed by atoms with van der Waals surface area (Å²) in [7, 11) is 0. The van der Waals surface area contributed by atoms with E-state index < -0.39 is 0 Å². The van der Waals surface area contributed by atoms with E-state index in [0.717, 1.165) is 93.0 Å². The fourth-order valence-corrected chi connectivity index (χ4v) is 9.26. The first-order valence-corrected chi connectivity index (χ1v) is 22.3. The van der Waals surface area contributed by atoms with Crippen LogP contribution in [-0.2, 0) is 25.9 Å². The maximum Gasteiger partial charge on any atom is 0.306 e. The van der Waals surface area contributed by atoms with Crippen molar-refractivity contribution in [2.75, 3.05) is 6.61 Å². The second kappa shape index (κ2) is 26.2. The first kappa shape index (κ1) is 42.2. The smallest absolute Gasteiger partial charge is 0.306 e. The minimum Gasteiger partial charge on any atom is -0.494 e. The Bertz CT molecular complexity index is 985. The van der Waals surface area contributed by atoms with E-state index >= 15 is 0 Å². The van der Waals surface area contributed by atoms with E-state index in [0.29, 0.717) is 13.0 Å². The maximum atomic E-state index is 12.1. The summed E-state index contributed by atoms with van der Waals surface area (Å²) < 4.78 is 11.8. The third-order valence-corrected chi connectivity index (χ3v) is 12.7. The first-order valence-electron chi connectivity index (χ1n) is 22.3. The van der Waals surface area contributed by atoms with E-state index in [1.54, 1.807) is 0 Å². The first-order chi connectivity index (χ1) is 25.1. The molecule has 3 aliphatic rings. The normalized spacial score (nSPS) is 25.5. The van der Waals surface area contributed by atoms with Gasteiger partial charge in [-0.3, -0.25) is 4.79 Å². The summed E-state index contributed by atoms with van der Waals surface area (Å²) in [4.78, 5) is 23.6. The summed E-state index contributed by atoms with van der Waals surface area (Å²) in [5, 5.41) is 0. The lowest BCUT2D eigenvalue weighted by molar-refractivity contribution is -0.338. The Kier molecular flexibility index (Phi) is 21.7. The molecule has 1 aromatic rings. The molecule has 0 amide bonds. The molecule has 292 valence electrons. The molecular weight excluding hydrogens is 633 g/mol. The van der Waals surface area contributed by atoms with Gasteiger partial charge in [0.2, 0.25) is 0 Å². The molecule has 51 heavy (non-hydrogen) atoms. The highest BCUT2D eigenvalue weighted by atomic mass is 17.2. The van der Waals surface area contributed by atoms with Crippen LogP contribution >= 0.6 is 0 Å². The van der Waals surface area contributed by atoms with Crippen molar-refractivity contribution in [3.8, 4) is 5.75 Å². The molecule has 3 saturated carbocycles. The van der Waals surface area contributed by atoms with E-state index in [4.69, 9.17) is 19.2 Å². The van der Waals surface area contributed by atoms with Crippen molar-refractivity contribution in [2.45, 2.75) is 219 Å². The van der Waals surface area contributed by atoms with E-state index in [9.17, 15) is 4.79 Å². The van der Waals surface area contributed by atoms with Crippen LogP contribution < -0.4 is 4.74 Å². The molecule has 0 bridgehead atoms. The lowest BCUT2D eigenvalue weighted by Gasteiger charge is -2.37. The van der Waals surface area contributed by atoms with E-state index in [2.05, 4.69) is 38.1 Å². The van der Waals surface area contributed by atoms with Crippen LogP contribution in [0.3, 0.4) is 0 Å². The second-order valence-electron chi connectivity index (χ2n) is 16.9. The average Bonchev–Trinajstić information content (AvgIpc) is 3.16. The SMILES string of the molecule is CCCCCCCCCC1CCC(CCCCCCOc2ccc(COOC3CCC(C4CCC(OC(=O)CCCCC)CC4)CC3)cc2)CC1. The lowest BCUT2D eigenvalue weighted by atomic mass is 9.72. The fourth-order valence-electron chi connectivity index (χ4n) is 9.26. The monoisotopic (exact) mass is 711 g/mol. The van der Waals surface area contributed by atoms with E-state index in [1.165, 1.54) is 128 Å².